The second kappa shape index (κ2) is 60.9. The molecule has 14 unspecified atom stereocenters. The van der Waals surface area contributed by atoms with E-state index in [1.165, 1.54) is 0 Å². The third kappa shape index (κ3) is 36.4. The van der Waals surface area contributed by atoms with Crippen LogP contribution < -0.4 is 0 Å². The number of hydrogen-bond acceptors (Lipinski definition) is 41. The van der Waals surface area contributed by atoms with Crippen LogP contribution in [0.4, 0.5) is 0 Å². The van der Waals surface area contributed by atoms with E-state index in [0.29, 0.717) is 45.4 Å². The summed E-state index contributed by atoms with van der Waals surface area (Å²) in [6, 6.07) is 0. The van der Waals surface area contributed by atoms with Crippen LogP contribution in [-0.4, -0.2) is 426 Å². The van der Waals surface area contributed by atoms with Gasteiger partial charge in [-0.3, -0.25) is 0 Å². The zero-order valence-electron chi connectivity index (χ0n) is 64.8. The van der Waals surface area contributed by atoms with Gasteiger partial charge in [-0.05, 0) is 45.4 Å². The zero-order valence-corrected chi connectivity index (χ0v) is 67.5. The molecule has 111 heavy (non-hydrogen) atoms. The predicted octanol–water partition coefficient (Wildman–Crippen LogP) is -6.55. The number of hydrogen-bond donors (Lipinski definition) is 28. The molecule has 0 bridgehead atoms. The van der Waals surface area contributed by atoms with E-state index in [4.69, 9.17) is 82.0 Å². The highest BCUT2D eigenvalue weighted by molar-refractivity contribution is 7.80. The van der Waals surface area contributed by atoms with E-state index in [9.17, 15) is 107 Å². The number of unbranched alkanes of at least 4 members (excludes halogenated alkanes) is 9. The highest BCUT2D eigenvalue weighted by Crippen LogP contribution is 2.29. The van der Waals surface area contributed by atoms with Crippen molar-refractivity contribution in [2.75, 3.05) is 83.3 Å². The van der Waals surface area contributed by atoms with E-state index in [-0.39, 0.29) is 11.5 Å². The quantitative estimate of drug-likeness (QED) is 0.0210. The summed E-state index contributed by atoms with van der Waals surface area (Å²) in [6.45, 7) is 14.6. The lowest BCUT2D eigenvalue weighted by atomic mass is 9.97. The molecule has 38 nitrogen and oxygen atoms in total. The first-order valence-electron chi connectivity index (χ1n) is 38.6. The molecule has 7 rings (SSSR count). The van der Waals surface area contributed by atoms with Crippen molar-refractivity contribution in [2.24, 2.45) is 0 Å². The molecule has 7 aliphatic heterocycles. The minimum absolute atomic E-state index is 0.261. The second-order valence-electron chi connectivity index (χ2n) is 27.6. The highest BCUT2D eigenvalue weighted by Gasteiger charge is 2.50. The number of thiol groups is 3. The molecule has 0 amide bonds. The van der Waals surface area contributed by atoms with Gasteiger partial charge < -0.3 is 189 Å². The third-order valence-corrected chi connectivity index (χ3v) is 19.6. The monoisotopic (exact) mass is 1680 g/mol. The molecule has 0 aromatic rings. The van der Waals surface area contributed by atoms with Gasteiger partial charge in [0, 0.05) is 56.9 Å². The van der Waals surface area contributed by atoms with Crippen molar-refractivity contribution >= 4 is 37.9 Å². The Hall–Kier alpha value is -0.470. The van der Waals surface area contributed by atoms with Gasteiger partial charge in [0.1, 0.15) is 153 Å². The number of rotatable bonds is 34. The SMILES string of the molecule is CCCCCCO[C@@H]1OC(CO)[C@H](O)[C@H](O)C1O.CCCCCCO[C@@H]1OC(CS)[C@H](O)[C@H](O)C1O.CCCCCO[C@@H]1OC(CO)[C@H](O)[C@H](O)C1O.CCCCO[C@@H]1OC(CO)[C@H](O)[C@H](O)C1O.CCCO[C@@H]1OC(CO)[C@H](O)[C@H](O)C1O.CCCO[C@@H]1OC(CS)[C@H](O)[C@H](O)C1O.C[C@H]1OC(CS)[C@H](O)[C@H](O)C1O. The van der Waals surface area contributed by atoms with E-state index >= 15 is 0 Å². The average molecular weight is 1690 g/mol. The molecule has 7 saturated heterocycles. The minimum Gasteiger partial charge on any atom is -0.394 e. The van der Waals surface area contributed by atoms with Crippen molar-refractivity contribution in [1.82, 2.24) is 0 Å². The van der Waals surface area contributed by atoms with E-state index in [0.717, 1.165) is 96.3 Å². The van der Waals surface area contributed by atoms with Gasteiger partial charge in [-0.15, -0.1) is 0 Å². The topological polar surface area (TPSA) is 626 Å². The standard InChI is InChI=1S/C12H24O6.C12H24O5S.C11H22O6.C10H20O6.C9H18O6.C9H18O5S.C7H14O4S/c1-2-3-4-5-6-17-12-11(16)10(15)9(14)8(7-13)18-12;1-2-3-4-5-6-16-12-11(15)10(14)9(13)8(7-18)17-12;1-2-3-4-5-16-11-10(15)9(14)8(13)7(6-12)17-11;1-2-3-4-15-10-9(14)8(13)7(12)6(5-11)16-10;1-2-3-14-9-8(13)7(12)6(11)5(4-10)15-9;1-2-3-13-9-8(12)7(11)6(10)5(4-15)14-9;1-3-5(8)7(10)6(9)4(2-12)11-3/h8-16H,2-7H2,1H3;8-15,18H,2-7H2,1H3;7-15H,2-6H2,1H3;6-14H,2-5H2,1H3;5-13H,2-4H2,1H3;5-12,15H,2-4H2,1H3;3-10,12H,2H2,1H3/t2*8?,9-,10-,11?,12+;7?,8-,9-,10?,11+;6?,7-,8-,9?,10+;2*5?,6-,7-,8?,9+;3-,4?,5?,6+,7-/m0000001/s1. The third-order valence-electron chi connectivity index (χ3n) is 18.6. The Kier molecular flexibility index (Phi) is 59.6. The Bertz CT molecular complexity index is 2120. The van der Waals surface area contributed by atoms with Gasteiger partial charge >= 0.3 is 0 Å². The largest absolute Gasteiger partial charge is 0.394 e. The van der Waals surface area contributed by atoms with Gasteiger partial charge in [0.05, 0.1) is 50.8 Å². The maximum Gasteiger partial charge on any atom is 0.186 e. The Morgan fingerprint density at radius 3 is 0.622 bits per heavy atom. The van der Waals surface area contributed by atoms with Crippen molar-refractivity contribution in [1.29, 1.82) is 0 Å². The molecule has 0 aromatic heterocycles. The normalized spacial score (nSPS) is 40.2. The van der Waals surface area contributed by atoms with Gasteiger partial charge in [0.2, 0.25) is 0 Å². The average Bonchev–Trinajstić information content (AvgIpc) is 0.883. The molecule has 35 atom stereocenters. The fraction of sp³-hybridized carbons (Fsp3) is 1.00. The van der Waals surface area contributed by atoms with Crippen molar-refractivity contribution in [3.63, 3.8) is 0 Å². The van der Waals surface area contributed by atoms with E-state index in [2.05, 4.69) is 58.7 Å². The molecule has 7 heterocycles. The molecule has 7 fully saturated rings. The van der Waals surface area contributed by atoms with Crippen LogP contribution in [0, 0.1) is 0 Å². The Morgan fingerprint density at radius 1 is 0.207 bits per heavy atom. The van der Waals surface area contributed by atoms with Crippen LogP contribution in [0.5, 0.6) is 0 Å². The lowest BCUT2D eigenvalue weighted by molar-refractivity contribution is -0.301. The van der Waals surface area contributed by atoms with Gasteiger partial charge in [-0.25, -0.2) is 0 Å². The molecule has 0 aromatic carbocycles. The lowest BCUT2D eigenvalue weighted by Crippen LogP contribution is -2.59. The smallest absolute Gasteiger partial charge is 0.186 e. The fourth-order valence-electron chi connectivity index (χ4n) is 11.3. The van der Waals surface area contributed by atoms with Crippen LogP contribution in [0.2, 0.25) is 0 Å². The summed E-state index contributed by atoms with van der Waals surface area (Å²) >= 11 is 12.0. The number of ether oxygens (including phenoxy) is 13. The molecule has 0 saturated carbocycles. The first-order valence-corrected chi connectivity index (χ1v) is 40.5. The molecule has 0 radical (unpaired) electrons. The Balaban J connectivity index is 0.000000649. The summed E-state index contributed by atoms with van der Waals surface area (Å²) < 4.78 is 68.1. The van der Waals surface area contributed by atoms with Gasteiger partial charge in [-0.2, -0.15) is 37.9 Å². The molecular weight excluding hydrogens is 1540 g/mol. The number of aliphatic hydroxyl groups excluding tert-OH is 25. The zero-order chi connectivity index (χ0) is 84.2. The van der Waals surface area contributed by atoms with Gasteiger partial charge in [0.15, 0.2) is 37.7 Å². The van der Waals surface area contributed by atoms with Crippen molar-refractivity contribution < 1.29 is 189 Å². The van der Waals surface area contributed by atoms with Gasteiger partial charge in [-0.1, -0.05) is 99.3 Å². The first kappa shape index (κ1) is 109. The van der Waals surface area contributed by atoms with Crippen molar-refractivity contribution in [3.05, 3.63) is 0 Å². The van der Waals surface area contributed by atoms with Crippen LogP contribution >= 0.6 is 37.9 Å². The number of aliphatic hydroxyl groups is 25. The summed E-state index contributed by atoms with van der Waals surface area (Å²) in [7, 11) is 0. The fourth-order valence-corrected chi connectivity index (χ4v) is 12.2. The summed E-state index contributed by atoms with van der Waals surface area (Å²) in [5, 5.41) is 236. The molecule has 666 valence electrons. The Labute approximate surface area is 667 Å². The Morgan fingerprint density at radius 2 is 0.396 bits per heavy atom. The second-order valence-corrected chi connectivity index (χ2v) is 28.7. The highest BCUT2D eigenvalue weighted by atomic mass is 32.1. The molecule has 0 aliphatic carbocycles. The van der Waals surface area contributed by atoms with Gasteiger partial charge in [0.25, 0.3) is 0 Å². The summed E-state index contributed by atoms with van der Waals surface area (Å²) in [5.41, 5.74) is 0. The first-order chi connectivity index (χ1) is 52.8. The van der Waals surface area contributed by atoms with Crippen LogP contribution in [0.25, 0.3) is 0 Å². The van der Waals surface area contributed by atoms with Crippen LogP contribution in [0.1, 0.15) is 145 Å². The maximum absolute atomic E-state index is 9.74. The maximum atomic E-state index is 9.74. The van der Waals surface area contributed by atoms with Crippen LogP contribution in [0.15, 0.2) is 0 Å². The van der Waals surface area contributed by atoms with Crippen molar-refractivity contribution in [3.8, 4) is 0 Å². The molecule has 25 N–H and O–H groups in total. The van der Waals surface area contributed by atoms with E-state index in [1.54, 1.807) is 6.92 Å². The lowest BCUT2D eigenvalue weighted by Gasteiger charge is -2.39. The summed E-state index contributed by atoms with van der Waals surface area (Å²) in [6.07, 6.45) is -23.3. The summed E-state index contributed by atoms with van der Waals surface area (Å²) in [5.74, 6) is 0.854. The molecule has 0 spiro atoms. The predicted molar refractivity (Wildman–Crippen MR) is 401 cm³/mol. The molecule has 41 heteroatoms. The van der Waals surface area contributed by atoms with E-state index < -0.39 is 241 Å². The minimum atomic E-state index is -1.36. The molecule has 7 aliphatic rings. The van der Waals surface area contributed by atoms with E-state index in [1.807, 2.05) is 20.8 Å². The summed E-state index contributed by atoms with van der Waals surface area (Å²) in [4.78, 5) is 0. The van der Waals surface area contributed by atoms with Crippen molar-refractivity contribution in [2.45, 2.75) is 360 Å². The molecular formula is C70H140O38S3. The van der Waals surface area contributed by atoms with Crippen LogP contribution in [-0.2, 0) is 61.6 Å². The van der Waals surface area contributed by atoms with Crippen LogP contribution in [0.3, 0.4) is 0 Å².